The van der Waals surface area contributed by atoms with Crippen LogP contribution in [0.3, 0.4) is 0 Å². The number of carbonyl (C=O) groups excluding carboxylic acids is 2. The van der Waals surface area contributed by atoms with Crippen LogP contribution >= 0.6 is 15.9 Å². The number of hydrogen-bond donors (Lipinski definition) is 1. The maximum atomic E-state index is 12.1. The van der Waals surface area contributed by atoms with Gasteiger partial charge in [0.1, 0.15) is 17.6 Å². The summed E-state index contributed by atoms with van der Waals surface area (Å²) in [4.78, 5) is 35.0. The smallest absolute Gasteiger partial charge is 0.314 e. The van der Waals surface area contributed by atoms with Gasteiger partial charge in [0.2, 0.25) is 0 Å². The van der Waals surface area contributed by atoms with Gasteiger partial charge >= 0.3 is 11.9 Å². The van der Waals surface area contributed by atoms with Crippen molar-refractivity contribution in [3.63, 3.8) is 0 Å². The molecule has 0 aliphatic heterocycles. The first-order chi connectivity index (χ1) is 9.91. The van der Waals surface area contributed by atoms with Crippen molar-refractivity contribution in [1.82, 2.24) is 0 Å². The first-order valence-corrected chi connectivity index (χ1v) is 7.39. The topological polar surface area (TPSA) is 80.7 Å². The molecule has 0 heterocycles. The lowest BCUT2D eigenvalue weighted by Crippen LogP contribution is -2.26. The van der Waals surface area contributed by atoms with Crippen molar-refractivity contribution in [1.29, 1.82) is 0 Å². The summed E-state index contributed by atoms with van der Waals surface area (Å²) in [6.07, 6.45) is -0.147. The Morgan fingerprint density at radius 1 is 1.33 bits per heavy atom. The van der Waals surface area contributed by atoms with Crippen LogP contribution in [-0.4, -0.2) is 29.4 Å². The number of Topliss-reactive ketones (excluding diaryl/α,β-unsaturated/α-hetero) is 1. The average molecular weight is 355 g/mol. The fourth-order valence-electron chi connectivity index (χ4n) is 2.56. The van der Waals surface area contributed by atoms with E-state index in [1.54, 1.807) is 31.2 Å². The van der Waals surface area contributed by atoms with Crippen LogP contribution in [0.5, 0.6) is 0 Å². The van der Waals surface area contributed by atoms with Crippen LogP contribution in [0.25, 0.3) is 0 Å². The van der Waals surface area contributed by atoms with Crippen LogP contribution in [-0.2, 0) is 24.5 Å². The van der Waals surface area contributed by atoms with Crippen LogP contribution < -0.4 is 0 Å². The molecule has 0 saturated heterocycles. The molecule has 1 fully saturated rings. The molecule has 21 heavy (non-hydrogen) atoms. The molecule has 0 spiro atoms. The van der Waals surface area contributed by atoms with E-state index in [-0.39, 0.29) is 25.2 Å². The van der Waals surface area contributed by atoms with Crippen LogP contribution in [0.2, 0.25) is 0 Å². The molecule has 2 atom stereocenters. The van der Waals surface area contributed by atoms with Gasteiger partial charge in [-0.2, -0.15) is 0 Å². The summed E-state index contributed by atoms with van der Waals surface area (Å²) >= 11 is 3.29. The molecular formula is C15H15BrO5. The van der Waals surface area contributed by atoms with Crippen LogP contribution in [0, 0.1) is 5.92 Å². The van der Waals surface area contributed by atoms with Crippen molar-refractivity contribution in [2.75, 3.05) is 6.61 Å². The minimum absolute atomic E-state index is 0.202. The Labute approximate surface area is 130 Å². The third kappa shape index (κ3) is 3.00. The first-order valence-electron chi connectivity index (χ1n) is 6.59. The Hall–Kier alpha value is -1.69. The maximum Gasteiger partial charge on any atom is 0.314 e. The Morgan fingerprint density at radius 2 is 1.95 bits per heavy atom. The standard InChI is InChI=1S/C15H15BrO5/c1-2-21-13(18)7-12(17)11-8-15(11,14(19)20)9-3-5-10(16)6-4-9/h3-6,11H,2,7-8H2,1H3,(H,19,20)/t11-,15+/m1/s1. The minimum atomic E-state index is -1.20. The highest BCUT2D eigenvalue weighted by Gasteiger charge is 2.64. The normalized spacial score (nSPS) is 23.4. The largest absolute Gasteiger partial charge is 0.481 e. The Bertz CT molecular complexity index is 580. The van der Waals surface area contributed by atoms with E-state index in [4.69, 9.17) is 4.74 Å². The number of aliphatic carboxylic acids is 1. The Kier molecular flexibility index (Phi) is 4.46. The second-order valence-electron chi connectivity index (χ2n) is 4.99. The van der Waals surface area contributed by atoms with Gasteiger partial charge in [0.05, 0.1) is 6.61 Å². The fourth-order valence-corrected chi connectivity index (χ4v) is 2.82. The zero-order valence-electron chi connectivity index (χ0n) is 11.5. The highest BCUT2D eigenvalue weighted by molar-refractivity contribution is 9.10. The van der Waals surface area contributed by atoms with Crippen molar-refractivity contribution in [2.24, 2.45) is 5.92 Å². The number of halogens is 1. The molecule has 0 radical (unpaired) electrons. The van der Waals surface area contributed by atoms with Gasteiger partial charge in [-0.05, 0) is 31.0 Å². The Morgan fingerprint density at radius 3 is 2.48 bits per heavy atom. The predicted molar refractivity (Wildman–Crippen MR) is 77.8 cm³/mol. The molecule has 5 nitrogen and oxygen atoms in total. The molecule has 1 aliphatic rings. The SMILES string of the molecule is CCOC(=O)CC(=O)[C@H]1C[C@]1(C(=O)O)c1ccc(Br)cc1. The predicted octanol–water partition coefficient (Wildman–Crippen LogP) is 2.31. The molecule has 0 aromatic heterocycles. The molecule has 2 rings (SSSR count). The molecular weight excluding hydrogens is 340 g/mol. The van der Waals surface area contributed by atoms with Crippen molar-refractivity contribution in [2.45, 2.75) is 25.2 Å². The molecule has 1 aromatic rings. The zero-order chi connectivity index (χ0) is 15.6. The van der Waals surface area contributed by atoms with E-state index in [0.29, 0.717) is 5.56 Å². The lowest BCUT2D eigenvalue weighted by Gasteiger charge is -2.12. The molecule has 1 aliphatic carbocycles. The third-order valence-electron chi connectivity index (χ3n) is 3.71. The Balaban J connectivity index is 2.17. The number of benzene rings is 1. The summed E-state index contributed by atoms with van der Waals surface area (Å²) in [5.74, 6) is -2.68. The lowest BCUT2D eigenvalue weighted by atomic mass is 9.91. The van der Waals surface area contributed by atoms with E-state index in [0.717, 1.165) is 4.47 Å². The highest BCUT2D eigenvalue weighted by atomic mass is 79.9. The number of ketones is 1. The summed E-state index contributed by atoms with van der Waals surface area (Å²) in [5.41, 5.74) is -0.620. The van der Waals surface area contributed by atoms with Crippen LogP contribution in [0.4, 0.5) is 0 Å². The van der Waals surface area contributed by atoms with E-state index in [2.05, 4.69) is 15.9 Å². The second-order valence-corrected chi connectivity index (χ2v) is 5.90. The molecule has 1 saturated carbocycles. The zero-order valence-corrected chi connectivity index (χ0v) is 13.1. The lowest BCUT2D eigenvalue weighted by molar-refractivity contribution is -0.147. The maximum absolute atomic E-state index is 12.1. The van der Waals surface area contributed by atoms with Gasteiger partial charge < -0.3 is 9.84 Å². The molecule has 0 amide bonds. The van der Waals surface area contributed by atoms with Crippen molar-refractivity contribution < 1.29 is 24.2 Å². The fraction of sp³-hybridized carbons (Fsp3) is 0.400. The van der Waals surface area contributed by atoms with Crippen molar-refractivity contribution in [3.8, 4) is 0 Å². The van der Waals surface area contributed by atoms with E-state index in [9.17, 15) is 19.5 Å². The van der Waals surface area contributed by atoms with Gasteiger partial charge in [-0.25, -0.2) is 0 Å². The number of carbonyl (C=O) groups is 3. The molecule has 1 aromatic carbocycles. The van der Waals surface area contributed by atoms with Gasteiger partial charge in [0, 0.05) is 10.4 Å². The summed E-state index contributed by atoms with van der Waals surface area (Å²) in [7, 11) is 0. The van der Waals surface area contributed by atoms with Gasteiger partial charge in [-0.3, -0.25) is 14.4 Å². The van der Waals surface area contributed by atoms with Gasteiger partial charge in [0.25, 0.3) is 0 Å². The van der Waals surface area contributed by atoms with Crippen LogP contribution in [0.1, 0.15) is 25.3 Å². The third-order valence-corrected chi connectivity index (χ3v) is 4.24. The molecule has 0 unspecified atom stereocenters. The molecule has 1 N–H and O–H groups in total. The number of ether oxygens (including phenoxy) is 1. The van der Waals surface area contributed by atoms with E-state index in [1.165, 1.54) is 0 Å². The minimum Gasteiger partial charge on any atom is -0.481 e. The summed E-state index contributed by atoms with van der Waals surface area (Å²) in [6, 6.07) is 6.86. The van der Waals surface area contributed by atoms with E-state index >= 15 is 0 Å². The highest BCUT2D eigenvalue weighted by Crippen LogP contribution is 2.55. The molecule has 0 bridgehead atoms. The van der Waals surface area contributed by atoms with Crippen molar-refractivity contribution in [3.05, 3.63) is 34.3 Å². The summed E-state index contributed by atoms with van der Waals surface area (Å²) in [5, 5.41) is 9.50. The number of hydrogen-bond acceptors (Lipinski definition) is 4. The van der Waals surface area contributed by atoms with E-state index in [1.807, 2.05) is 0 Å². The quantitative estimate of drug-likeness (QED) is 0.626. The van der Waals surface area contributed by atoms with E-state index < -0.39 is 23.3 Å². The number of rotatable bonds is 6. The number of esters is 1. The van der Waals surface area contributed by atoms with Gasteiger partial charge in [-0.15, -0.1) is 0 Å². The first kappa shape index (κ1) is 15.7. The number of carboxylic acid groups (broad SMARTS) is 1. The van der Waals surface area contributed by atoms with Gasteiger partial charge in [-0.1, -0.05) is 28.1 Å². The number of carboxylic acids is 1. The second kappa shape index (κ2) is 5.97. The monoisotopic (exact) mass is 354 g/mol. The van der Waals surface area contributed by atoms with Crippen molar-refractivity contribution >= 4 is 33.7 Å². The van der Waals surface area contributed by atoms with Gasteiger partial charge in [0.15, 0.2) is 0 Å². The summed E-state index contributed by atoms with van der Waals surface area (Å²) < 4.78 is 5.56. The molecule has 6 heteroatoms. The van der Waals surface area contributed by atoms with Crippen LogP contribution in [0.15, 0.2) is 28.7 Å². The summed E-state index contributed by atoms with van der Waals surface area (Å²) in [6.45, 7) is 1.86. The molecule has 112 valence electrons. The average Bonchev–Trinajstić information content (AvgIpc) is 3.16.